The third-order valence-electron chi connectivity index (χ3n) is 4.98. The Kier molecular flexibility index (Phi) is 6.75. The molecule has 0 bridgehead atoms. The van der Waals surface area contributed by atoms with Crippen molar-refractivity contribution in [1.29, 1.82) is 0 Å². The van der Waals surface area contributed by atoms with Gasteiger partial charge in [-0.15, -0.1) is 0 Å². The number of fused-ring (bicyclic) bond motifs is 1. The van der Waals surface area contributed by atoms with Crippen LogP contribution in [0.15, 0.2) is 42.5 Å². The van der Waals surface area contributed by atoms with Crippen molar-refractivity contribution in [1.82, 2.24) is 9.78 Å². The van der Waals surface area contributed by atoms with Gasteiger partial charge in [0.2, 0.25) is 5.78 Å². The number of hydrogen-bond acceptors (Lipinski definition) is 6. The molecular weight excluding hydrogens is 396 g/mol. The molecule has 0 spiro atoms. The first-order valence-corrected chi connectivity index (χ1v) is 10.1. The van der Waals surface area contributed by atoms with Crippen LogP contribution in [0.3, 0.4) is 0 Å². The van der Waals surface area contributed by atoms with Crippen molar-refractivity contribution < 1.29 is 23.8 Å². The largest absolute Gasteiger partial charge is 0.497 e. The van der Waals surface area contributed by atoms with E-state index in [4.69, 9.17) is 14.2 Å². The van der Waals surface area contributed by atoms with Gasteiger partial charge in [0.15, 0.2) is 5.78 Å². The van der Waals surface area contributed by atoms with Crippen LogP contribution in [0.5, 0.6) is 11.5 Å². The van der Waals surface area contributed by atoms with Crippen LogP contribution >= 0.6 is 0 Å². The lowest BCUT2D eigenvalue weighted by molar-refractivity contribution is -0.127. The number of benzene rings is 2. The predicted octanol–water partition coefficient (Wildman–Crippen LogP) is 3.92. The highest BCUT2D eigenvalue weighted by Gasteiger charge is 2.25. The molecule has 0 atom stereocenters. The van der Waals surface area contributed by atoms with Gasteiger partial charge >= 0.3 is 0 Å². The van der Waals surface area contributed by atoms with Gasteiger partial charge in [-0.1, -0.05) is 20.8 Å². The topological polar surface area (TPSA) is 79.7 Å². The molecule has 0 saturated carbocycles. The van der Waals surface area contributed by atoms with Crippen molar-refractivity contribution >= 4 is 22.5 Å². The Morgan fingerprint density at radius 1 is 0.968 bits per heavy atom. The highest BCUT2D eigenvalue weighted by molar-refractivity contribution is 6.15. The molecule has 3 aromatic rings. The SMILES string of the molecule is COCCOc1ccc(C(=O)c2nn(CC(=O)C(C)(C)C)c3cc(OC)ccc23)cc1. The Hall–Kier alpha value is -3.19. The molecule has 7 heteroatoms. The van der Waals surface area contributed by atoms with Gasteiger partial charge in [0.05, 0.1) is 19.2 Å². The number of ether oxygens (including phenoxy) is 3. The summed E-state index contributed by atoms with van der Waals surface area (Å²) in [6.45, 7) is 6.59. The van der Waals surface area contributed by atoms with Crippen LogP contribution in [0.25, 0.3) is 10.9 Å². The Balaban J connectivity index is 1.95. The molecule has 0 radical (unpaired) electrons. The maximum Gasteiger partial charge on any atom is 0.213 e. The second kappa shape index (κ2) is 9.31. The average Bonchev–Trinajstić information content (AvgIpc) is 3.10. The number of methoxy groups -OCH3 is 2. The van der Waals surface area contributed by atoms with E-state index in [1.807, 2.05) is 20.8 Å². The zero-order valence-electron chi connectivity index (χ0n) is 18.6. The van der Waals surface area contributed by atoms with E-state index in [0.29, 0.717) is 46.9 Å². The molecule has 164 valence electrons. The number of rotatable bonds is 9. The minimum atomic E-state index is -0.514. The van der Waals surface area contributed by atoms with Crippen LogP contribution in [0.4, 0.5) is 0 Å². The second-order valence-corrected chi connectivity index (χ2v) is 8.26. The van der Waals surface area contributed by atoms with E-state index in [-0.39, 0.29) is 18.1 Å². The van der Waals surface area contributed by atoms with Crippen molar-refractivity contribution in [2.24, 2.45) is 5.41 Å². The number of nitrogens with zero attached hydrogens (tertiary/aromatic N) is 2. The van der Waals surface area contributed by atoms with Crippen LogP contribution in [0.1, 0.15) is 36.8 Å². The molecule has 3 rings (SSSR count). The van der Waals surface area contributed by atoms with Gasteiger partial charge in [-0.05, 0) is 36.4 Å². The molecule has 2 aromatic carbocycles. The van der Waals surface area contributed by atoms with Crippen molar-refractivity contribution in [3.05, 3.63) is 53.7 Å². The first-order valence-electron chi connectivity index (χ1n) is 10.1. The summed E-state index contributed by atoms with van der Waals surface area (Å²) < 4.78 is 17.4. The van der Waals surface area contributed by atoms with Crippen LogP contribution in [0, 0.1) is 5.41 Å². The van der Waals surface area contributed by atoms with Crippen LogP contribution in [-0.2, 0) is 16.1 Å². The number of carbonyl (C=O) groups is 2. The summed E-state index contributed by atoms with van der Waals surface area (Å²) in [4.78, 5) is 25.9. The molecule has 1 aromatic heterocycles. The summed E-state index contributed by atoms with van der Waals surface area (Å²) in [6, 6.07) is 12.3. The fourth-order valence-corrected chi connectivity index (χ4v) is 3.02. The molecule has 7 nitrogen and oxygen atoms in total. The van der Waals surface area contributed by atoms with Gasteiger partial charge in [-0.25, -0.2) is 0 Å². The Bertz CT molecular complexity index is 1080. The zero-order chi connectivity index (χ0) is 22.6. The second-order valence-electron chi connectivity index (χ2n) is 8.26. The molecule has 0 unspecified atom stereocenters. The van der Waals surface area contributed by atoms with Crippen LogP contribution < -0.4 is 9.47 Å². The first kappa shape index (κ1) is 22.5. The van der Waals surface area contributed by atoms with Gasteiger partial charge in [-0.2, -0.15) is 5.10 Å². The average molecular weight is 424 g/mol. The van der Waals surface area contributed by atoms with Gasteiger partial charge < -0.3 is 14.2 Å². The Morgan fingerprint density at radius 2 is 1.65 bits per heavy atom. The fourth-order valence-electron chi connectivity index (χ4n) is 3.02. The Morgan fingerprint density at radius 3 is 2.26 bits per heavy atom. The van der Waals surface area contributed by atoms with E-state index >= 15 is 0 Å². The molecule has 0 aliphatic carbocycles. The van der Waals surface area contributed by atoms with E-state index in [2.05, 4.69) is 5.10 Å². The maximum atomic E-state index is 13.2. The molecule has 0 amide bonds. The van der Waals surface area contributed by atoms with Crippen LogP contribution in [0.2, 0.25) is 0 Å². The third-order valence-corrected chi connectivity index (χ3v) is 4.98. The lowest BCUT2D eigenvalue weighted by atomic mass is 9.91. The fraction of sp³-hybridized carbons (Fsp3) is 0.375. The summed E-state index contributed by atoms with van der Waals surface area (Å²) in [5, 5.41) is 5.19. The van der Waals surface area contributed by atoms with Gasteiger partial charge in [-0.3, -0.25) is 14.3 Å². The van der Waals surface area contributed by atoms with E-state index in [1.165, 1.54) is 0 Å². The highest BCUT2D eigenvalue weighted by atomic mass is 16.5. The Labute approximate surface area is 181 Å². The molecule has 31 heavy (non-hydrogen) atoms. The summed E-state index contributed by atoms with van der Waals surface area (Å²) in [5.41, 5.74) is 0.954. The molecule has 0 aliphatic heterocycles. The van der Waals surface area contributed by atoms with Gasteiger partial charge in [0, 0.05) is 29.5 Å². The molecular formula is C24H28N2O5. The van der Waals surface area contributed by atoms with E-state index in [9.17, 15) is 9.59 Å². The minimum absolute atomic E-state index is 0.0243. The first-order chi connectivity index (χ1) is 14.7. The lowest BCUT2D eigenvalue weighted by Crippen LogP contribution is -2.25. The van der Waals surface area contributed by atoms with E-state index < -0.39 is 5.41 Å². The van der Waals surface area contributed by atoms with Crippen molar-refractivity contribution in [3.63, 3.8) is 0 Å². The summed E-state index contributed by atoms with van der Waals surface area (Å²) >= 11 is 0. The predicted molar refractivity (Wildman–Crippen MR) is 118 cm³/mol. The minimum Gasteiger partial charge on any atom is -0.497 e. The number of aromatic nitrogens is 2. The summed E-state index contributed by atoms with van der Waals surface area (Å²) in [7, 11) is 3.18. The van der Waals surface area contributed by atoms with E-state index in [0.717, 1.165) is 0 Å². The molecule has 0 N–H and O–H groups in total. The van der Waals surface area contributed by atoms with Crippen molar-refractivity contribution in [2.75, 3.05) is 27.4 Å². The number of ketones is 2. The molecule has 0 saturated heterocycles. The molecule has 0 aliphatic rings. The standard InChI is InChI=1S/C24H28N2O5/c1-24(2,3)21(27)15-26-20-14-18(30-5)10-11-19(20)22(25-26)23(28)16-6-8-17(9-7-16)31-13-12-29-4/h6-11,14H,12-13,15H2,1-5H3. The van der Waals surface area contributed by atoms with Gasteiger partial charge in [0.25, 0.3) is 0 Å². The summed E-state index contributed by atoms with van der Waals surface area (Å²) in [5.74, 6) is 1.09. The van der Waals surface area contributed by atoms with Crippen LogP contribution in [-0.4, -0.2) is 48.8 Å². The zero-order valence-corrected chi connectivity index (χ0v) is 18.6. The third kappa shape index (κ3) is 5.11. The smallest absolute Gasteiger partial charge is 0.213 e. The number of Topliss-reactive ketones (excluding diaryl/α,β-unsaturated/α-hetero) is 1. The number of hydrogen-bond donors (Lipinski definition) is 0. The lowest BCUT2D eigenvalue weighted by Gasteiger charge is -2.16. The normalized spacial score (nSPS) is 11.5. The molecule has 1 heterocycles. The van der Waals surface area contributed by atoms with E-state index in [1.54, 1.807) is 61.4 Å². The van der Waals surface area contributed by atoms with Gasteiger partial charge in [0.1, 0.15) is 30.3 Å². The molecule has 0 fully saturated rings. The van der Waals surface area contributed by atoms with Crippen molar-refractivity contribution in [2.45, 2.75) is 27.3 Å². The summed E-state index contributed by atoms with van der Waals surface area (Å²) in [6.07, 6.45) is 0. The monoisotopic (exact) mass is 424 g/mol. The quantitative estimate of drug-likeness (QED) is 0.383. The van der Waals surface area contributed by atoms with Crippen molar-refractivity contribution in [3.8, 4) is 11.5 Å². The highest BCUT2D eigenvalue weighted by Crippen LogP contribution is 2.27. The number of carbonyl (C=O) groups excluding carboxylic acids is 2. The maximum absolute atomic E-state index is 13.2.